The Morgan fingerprint density at radius 3 is 2.60 bits per heavy atom. The van der Waals surface area contributed by atoms with E-state index < -0.39 is 11.0 Å². The molecule has 0 aliphatic heterocycles. The van der Waals surface area contributed by atoms with E-state index in [0.717, 1.165) is 11.3 Å². The quantitative estimate of drug-likeness (QED) is 0.687. The fourth-order valence-corrected chi connectivity index (χ4v) is 3.05. The van der Waals surface area contributed by atoms with E-state index in [1.807, 2.05) is 31.2 Å². The molecule has 5 nitrogen and oxygen atoms in total. The number of para-hydroxylation sites is 1. The standard InChI is InChI=1S/C14H16N2O3S/c1-9-6-4-5-7-11(9)15(3)14-12(16(18)19)8-13(20-14)10(2)17/h4-8,10,17H,1-3H3/t10-/m0/s1. The number of rotatable bonds is 4. The average Bonchev–Trinajstić information content (AvgIpc) is 2.84. The highest BCUT2D eigenvalue weighted by Crippen LogP contribution is 2.42. The van der Waals surface area contributed by atoms with Gasteiger partial charge in [-0.3, -0.25) is 10.1 Å². The third kappa shape index (κ3) is 2.66. The van der Waals surface area contributed by atoms with Crippen LogP contribution in [0, 0.1) is 17.0 Å². The van der Waals surface area contributed by atoms with Crippen molar-refractivity contribution in [1.29, 1.82) is 0 Å². The second kappa shape index (κ2) is 5.60. The van der Waals surface area contributed by atoms with Crippen molar-refractivity contribution < 1.29 is 10.0 Å². The maximum Gasteiger partial charge on any atom is 0.304 e. The summed E-state index contributed by atoms with van der Waals surface area (Å²) in [6.07, 6.45) is -0.710. The molecule has 0 radical (unpaired) electrons. The number of nitro groups is 1. The molecule has 2 aromatic rings. The first kappa shape index (κ1) is 14.5. The Morgan fingerprint density at radius 1 is 1.40 bits per heavy atom. The minimum Gasteiger partial charge on any atom is -0.388 e. The van der Waals surface area contributed by atoms with E-state index >= 15 is 0 Å². The van der Waals surface area contributed by atoms with E-state index in [1.54, 1.807) is 18.9 Å². The lowest BCUT2D eigenvalue weighted by atomic mass is 10.2. The second-order valence-corrected chi connectivity index (χ2v) is 5.68. The van der Waals surface area contributed by atoms with Gasteiger partial charge in [0.15, 0.2) is 5.00 Å². The smallest absolute Gasteiger partial charge is 0.304 e. The molecule has 0 saturated carbocycles. The number of hydrogen-bond donors (Lipinski definition) is 1. The molecule has 0 spiro atoms. The van der Waals surface area contributed by atoms with Crippen LogP contribution in [0.2, 0.25) is 0 Å². The monoisotopic (exact) mass is 292 g/mol. The molecule has 1 atom stereocenters. The Hall–Kier alpha value is -1.92. The summed E-state index contributed by atoms with van der Waals surface area (Å²) in [6, 6.07) is 9.14. The number of aryl methyl sites for hydroxylation is 1. The molecule has 0 aliphatic rings. The summed E-state index contributed by atoms with van der Waals surface area (Å²) in [7, 11) is 1.80. The molecule has 0 aliphatic carbocycles. The van der Waals surface area contributed by atoms with Gasteiger partial charge in [0.05, 0.1) is 11.0 Å². The van der Waals surface area contributed by atoms with E-state index in [-0.39, 0.29) is 5.69 Å². The predicted molar refractivity (Wildman–Crippen MR) is 80.8 cm³/mol. The lowest BCUT2D eigenvalue weighted by Crippen LogP contribution is -2.10. The molecule has 0 bridgehead atoms. The van der Waals surface area contributed by atoms with Crippen LogP contribution in [-0.2, 0) is 0 Å². The summed E-state index contributed by atoms with van der Waals surface area (Å²) in [5, 5.41) is 21.3. The first-order valence-corrected chi connectivity index (χ1v) is 6.99. The summed E-state index contributed by atoms with van der Waals surface area (Å²) in [6.45, 7) is 3.56. The fourth-order valence-electron chi connectivity index (χ4n) is 2.02. The summed E-state index contributed by atoms with van der Waals surface area (Å²) in [5.41, 5.74) is 1.97. The highest BCUT2D eigenvalue weighted by Gasteiger charge is 2.24. The molecule has 6 heteroatoms. The van der Waals surface area contributed by atoms with Gasteiger partial charge in [0, 0.05) is 23.7 Å². The molecule has 1 aromatic carbocycles. The second-order valence-electron chi connectivity index (χ2n) is 4.62. The van der Waals surface area contributed by atoms with Crippen molar-refractivity contribution in [2.45, 2.75) is 20.0 Å². The largest absolute Gasteiger partial charge is 0.388 e. The van der Waals surface area contributed by atoms with Crippen molar-refractivity contribution in [1.82, 2.24) is 0 Å². The van der Waals surface area contributed by atoms with Crippen LogP contribution in [0.25, 0.3) is 0 Å². The Morgan fingerprint density at radius 2 is 2.05 bits per heavy atom. The van der Waals surface area contributed by atoms with Gasteiger partial charge in [-0.2, -0.15) is 0 Å². The molecule has 2 rings (SSSR count). The van der Waals surface area contributed by atoms with Gasteiger partial charge in [0.2, 0.25) is 0 Å². The molecule has 0 saturated heterocycles. The number of thiophene rings is 1. The van der Waals surface area contributed by atoms with Gasteiger partial charge in [-0.05, 0) is 25.5 Å². The molecule has 1 N–H and O–H groups in total. The zero-order valence-corrected chi connectivity index (χ0v) is 12.3. The Bertz CT molecular complexity index is 637. The summed E-state index contributed by atoms with van der Waals surface area (Å²) >= 11 is 1.24. The summed E-state index contributed by atoms with van der Waals surface area (Å²) in [5.74, 6) is 0. The topological polar surface area (TPSA) is 66.6 Å². The molecule has 0 amide bonds. The first-order chi connectivity index (χ1) is 9.41. The highest BCUT2D eigenvalue weighted by atomic mass is 32.1. The van der Waals surface area contributed by atoms with E-state index in [1.165, 1.54) is 17.4 Å². The molecule has 1 heterocycles. The first-order valence-electron chi connectivity index (χ1n) is 6.17. The van der Waals surface area contributed by atoms with E-state index in [9.17, 15) is 15.2 Å². The zero-order valence-electron chi connectivity index (χ0n) is 11.5. The zero-order chi connectivity index (χ0) is 14.9. The van der Waals surface area contributed by atoms with Crippen LogP contribution in [0.1, 0.15) is 23.5 Å². The third-order valence-electron chi connectivity index (χ3n) is 3.10. The van der Waals surface area contributed by atoms with E-state index in [4.69, 9.17) is 0 Å². The maximum absolute atomic E-state index is 11.2. The number of anilines is 2. The lowest BCUT2D eigenvalue weighted by Gasteiger charge is -2.19. The minimum atomic E-state index is -0.710. The van der Waals surface area contributed by atoms with Gasteiger partial charge in [-0.25, -0.2) is 0 Å². The van der Waals surface area contributed by atoms with Crippen LogP contribution in [0.3, 0.4) is 0 Å². The SMILES string of the molecule is Cc1ccccc1N(C)c1sc([C@H](C)O)cc1[N+](=O)[O-]. The third-order valence-corrected chi connectivity index (χ3v) is 4.47. The van der Waals surface area contributed by atoms with Crippen molar-refractivity contribution in [3.8, 4) is 0 Å². The van der Waals surface area contributed by atoms with Gasteiger partial charge in [0.25, 0.3) is 0 Å². The highest BCUT2D eigenvalue weighted by molar-refractivity contribution is 7.16. The molecule has 106 valence electrons. The summed E-state index contributed by atoms with van der Waals surface area (Å²) in [4.78, 5) is 13.2. The molecule has 0 fully saturated rings. The summed E-state index contributed by atoms with van der Waals surface area (Å²) < 4.78 is 0. The van der Waals surface area contributed by atoms with E-state index in [2.05, 4.69) is 0 Å². The number of aliphatic hydroxyl groups is 1. The van der Waals surface area contributed by atoms with Crippen LogP contribution < -0.4 is 4.90 Å². The number of benzene rings is 1. The van der Waals surface area contributed by atoms with Crippen LogP contribution >= 0.6 is 11.3 Å². The number of nitrogens with zero attached hydrogens (tertiary/aromatic N) is 2. The fraction of sp³-hybridized carbons (Fsp3) is 0.286. The molecular weight excluding hydrogens is 276 g/mol. The Balaban J connectivity index is 2.51. The van der Waals surface area contributed by atoms with Gasteiger partial charge in [-0.15, -0.1) is 11.3 Å². The van der Waals surface area contributed by atoms with Crippen molar-refractivity contribution >= 4 is 27.7 Å². The molecule has 20 heavy (non-hydrogen) atoms. The van der Waals surface area contributed by atoms with Crippen LogP contribution in [0.4, 0.5) is 16.4 Å². The number of hydrogen-bond acceptors (Lipinski definition) is 5. The lowest BCUT2D eigenvalue weighted by molar-refractivity contribution is -0.383. The van der Waals surface area contributed by atoms with Gasteiger partial charge < -0.3 is 10.0 Å². The molecule has 1 aromatic heterocycles. The molecular formula is C14H16N2O3S. The van der Waals surface area contributed by atoms with Crippen molar-refractivity contribution in [3.63, 3.8) is 0 Å². The van der Waals surface area contributed by atoms with Gasteiger partial charge in [0.1, 0.15) is 0 Å². The minimum absolute atomic E-state index is 0.0247. The normalized spacial score (nSPS) is 12.2. The Kier molecular flexibility index (Phi) is 4.06. The number of aliphatic hydroxyl groups excluding tert-OH is 1. The van der Waals surface area contributed by atoms with Gasteiger partial charge in [-0.1, -0.05) is 18.2 Å². The van der Waals surface area contributed by atoms with Crippen LogP contribution in [0.15, 0.2) is 30.3 Å². The van der Waals surface area contributed by atoms with Gasteiger partial charge >= 0.3 is 5.69 Å². The van der Waals surface area contributed by atoms with Crippen LogP contribution in [-0.4, -0.2) is 17.1 Å². The van der Waals surface area contributed by atoms with Crippen molar-refractivity contribution in [2.75, 3.05) is 11.9 Å². The van der Waals surface area contributed by atoms with Crippen molar-refractivity contribution in [2.24, 2.45) is 0 Å². The van der Waals surface area contributed by atoms with Crippen LogP contribution in [0.5, 0.6) is 0 Å². The Labute approximate surface area is 121 Å². The average molecular weight is 292 g/mol. The maximum atomic E-state index is 11.2. The predicted octanol–water partition coefficient (Wildman–Crippen LogP) is 3.79. The molecule has 0 unspecified atom stereocenters. The van der Waals surface area contributed by atoms with E-state index in [0.29, 0.717) is 9.88 Å². The van der Waals surface area contributed by atoms with Crippen molar-refractivity contribution in [3.05, 3.63) is 50.9 Å².